The Balaban J connectivity index is 3.53. The maximum absolute atomic E-state index is 11.2. The first-order valence-corrected chi connectivity index (χ1v) is 9.40. The lowest BCUT2D eigenvalue weighted by molar-refractivity contribution is -0.144. The van der Waals surface area contributed by atoms with Crippen molar-refractivity contribution in [1.29, 1.82) is 0 Å². The molecule has 1 unspecified atom stereocenters. The first-order chi connectivity index (χ1) is 11.7. The average Bonchev–Trinajstić information content (AvgIpc) is 2.60. The third-order valence-electron chi connectivity index (χ3n) is 3.83. The predicted molar refractivity (Wildman–Crippen MR) is 105 cm³/mol. The van der Waals surface area contributed by atoms with Crippen LogP contribution in [0.25, 0.3) is 0 Å². The van der Waals surface area contributed by atoms with Crippen LogP contribution in [-0.2, 0) is 9.53 Å². The minimum absolute atomic E-state index is 0.0129. The first kappa shape index (κ1) is 22.4. The van der Waals surface area contributed by atoms with E-state index in [1.807, 2.05) is 6.92 Å². The van der Waals surface area contributed by atoms with Crippen LogP contribution < -0.4 is 0 Å². The molecule has 0 rings (SSSR count). The van der Waals surface area contributed by atoms with Gasteiger partial charge in [-0.3, -0.25) is 4.79 Å². The molecule has 1 atom stereocenters. The van der Waals surface area contributed by atoms with Crippen LogP contribution in [0.2, 0.25) is 0 Å². The van der Waals surface area contributed by atoms with E-state index in [1.54, 1.807) is 0 Å². The molecule has 2 nitrogen and oxygen atoms in total. The summed E-state index contributed by atoms with van der Waals surface area (Å²) in [6.45, 7) is 4.15. The van der Waals surface area contributed by atoms with Gasteiger partial charge in [-0.1, -0.05) is 75.3 Å². The van der Waals surface area contributed by atoms with Crippen molar-refractivity contribution in [3.05, 3.63) is 48.6 Å². The number of carbonyl (C=O) groups excluding carboxylic acids is 1. The van der Waals surface area contributed by atoms with E-state index in [2.05, 4.69) is 55.5 Å². The summed E-state index contributed by atoms with van der Waals surface area (Å²) in [6.07, 6.45) is 27.6. The lowest BCUT2D eigenvalue weighted by Crippen LogP contribution is -2.11. The van der Waals surface area contributed by atoms with Gasteiger partial charge < -0.3 is 4.74 Å². The van der Waals surface area contributed by atoms with Crippen LogP contribution >= 0.6 is 0 Å². The second kappa shape index (κ2) is 17.8. The predicted octanol–water partition coefficient (Wildman–Crippen LogP) is 6.55. The van der Waals surface area contributed by atoms with E-state index >= 15 is 0 Å². The normalized spacial score (nSPS) is 13.6. The second-order valence-corrected chi connectivity index (χ2v) is 6.09. The van der Waals surface area contributed by atoms with E-state index in [0.29, 0.717) is 0 Å². The molecule has 0 saturated carbocycles. The third-order valence-corrected chi connectivity index (χ3v) is 3.83. The van der Waals surface area contributed by atoms with Crippen LogP contribution in [0.1, 0.15) is 71.6 Å². The summed E-state index contributed by atoms with van der Waals surface area (Å²) in [5.41, 5.74) is 0. The summed E-state index contributed by atoms with van der Waals surface area (Å²) in [5.74, 6) is -0.132. The molecule has 0 fully saturated rings. The van der Waals surface area contributed by atoms with E-state index in [9.17, 15) is 4.79 Å². The number of methoxy groups -OCH3 is 1. The smallest absolute Gasteiger partial charge is 0.308 e. The second-order valence-electron chi connectivity index (χ2n) is 6.09. The van der Waals surface area contributed by atoms with Crippen molar-refractivity contribution in [3.8, 4) is 0 Å². The molecule has 0 bridgehead atoms. The van der Waals surface area contributed by atoms with Gasteiger partial charge in [-0.05, 0) is 44.9 Å². The molecule has 0 amide bonds. The van der Waals surface area contributed by atoms with Gasteiger partial charge in [-0.15, -0.1) is 0 Å². The number of allylic oxidation sites excluding steroid dienone is 8. The Bertz CT molecular complexity index is 402. The number of rotatable bonds is 14. The van der Waals surface area contributed by atoms with Gasteiger partial charge in [0.15, 0.2) is 0 Å². The van der Waals surface area contributed by atoms with E-state index in [4.69, 9.17) is 4.74 Å². The highest BCUT2D eigenvalue weighted by Gasteiger charge is 2.10. The Hall–Kier alpha value is -1.57. The van der Waals surface area contributed by atoms with Crippen molar-refractivity contribution in [2.75, 3.05) is 7.11 Å². The van der Waals surface area contributed by atoms with Crippen molar-refractivity contribution < 1.29 is 9.53 Å². The van der Waals surface area contributed by atoms with Crippen LogP contribution in [0.5, 0.6) is 0 Å². The quantitative estimate of drug-likeness (QED) is 0.205. The van der Waals surface area contributed by atoms with Crippen molar-refractivity contribution in [2.24, 2.45) is 5.92 Å². The number of carbonyl (C=O) groups is 1. The van der Waals surface area contributed by atoms with Gasteiger partial charge in [0.1, 0.15) is 0 Å². The van der Waals surface area contributed by atoms with Crippen molar-refractivity contribution in [2.45, 2.75) is 71.6 Å². The molecule has 0 aliphatic carbocycles. The Morgan fingerprint density at radius 2 is 1.33 bits per heavy atom. The number of hydrogen-bond acceptors (Lipinski definition) is 2. The lowest BCUT2D eigenvalue weighted by Gasteiger charge is -2.05. The molecule has 0 aromatic heterocycles. The minimum atomic E-state index is -0.120. The maximum atomic E-state index is 11.2. The number of ether oxygens (including phenoxy) is 1. The van der Waals surface area contributed by atoms with E-state index in [1.165, 1.54) is 32.8 Å². The first-order valence-electron chi connectivity index (χ1n) is 9.40. The molecular formula is C22H36O2. The zero-order valence-electron chi connectivity index (χ0n) is 15.9. The Morgan fingerprint density at radius 1 is 0.833 bits per heavy atom. The summed E-state index contributed by atoms with van der Waals surface area (Å²) in [7, 11) is 1.44. The van der Waals surface area contributed by atoms with Crippen LogP contribution in [0.3, 0.4) is 0 Å². The highest BCUT2D eigenvalue weighted by molar-refractivity contribution is 5.71. The number of esters is 1. The Labute approximate surface area is 149 Å². The zero-order chi connectivity index (χ0) is 17.9. The van der Waals surface area contributed by atoms with Crippen LogP contribution in [0.15, 0.2) is 48.6 Å². The highest BCUT2D eigenvalue weighted by Crippen LogP contribution is 2.08. The fourth-order valence-corrected chi connectivity index (χ4v) is 2.23. The fraction of sp³-hybridized carbons (Fsp3) is 0.591. The van der Waals surface area contributed by atoms with Gasteiger partial charge in [0.05, 0.1) is 13.0 Å². The molecule has 2 heteroatoms. The highest BCUT2D eigenvalue weighted by atomic mass is 16.5. The van der Waals surface area contributed by atoms with Crippen LogP contribution in [0, 0.1) is 5.92 Å². The molecule has 0 aliphatic rings. The standard InChI is InChI=1S/C22H36O2/c1-4-5-6-7-8-9-10-11-12-13-14-15-16-17-18-19-20-21(2)22(23)24-3/h8-9,11-12,14-15,17-18,21H,4-7,10,13,16,19-20H2,1-3H3. The molecule has 0 heterocycles. The maximum Gasteiger partial charge on any atom is 0.308 e. The monoisotopic (exact) mass is 332 g/mol. The molecule has 24 heavy (non-hydrogen) atoms. The summed E-state index contributed by atoms with van der Waals surface area (Å²) >= 11 is 0. The number of hydrogen-bond donors (Lipinski definition) is 0. The largest absolute Gasteiger partial charge is 0.469 e. The Kier molecular flexibility index (Phi) is 16.6. The molecule has 0 aromatic rings. The molecule has 0 aliphatic heterocycles. The third kappa shape index (κ3) is 15.3. The van der Waals surface area contributed by atoms with Gasteiger partial charge in [0.25, 0.3) is 0 Å². The van der Waals surface area contributed by atoms with Gasteiger partial charge in [-0.2, -0.15) is 0 Å². The minimum Gasteiger partial charge on any atom is -0.469 e. The topological polar surface area (TPSA) is 26.3 Å². The zero-order valence-corrected chi connectivity index (χ0v) is 15.9. The van der Waals surface area contributed by atoms with E-state index in [-0.39, 0.29) is 11.9 Å². The molecule has 0 aromatic carbocycles. The SMILES string of the molecule is CCCCCC=CCC=CCC=CCC=CCCC(C)C(=O)OC. The van der Waals surface area contributed by atoms with Gasteiger partial charge in [-0.25, -0.2) is 0 Å². The molecular weight excluding hydrogens is 296 g/mol. The molecule has 0 saturated heterocycles. The van der Waals surface area contributed by atoms with E-state index < -0.39 is 0 Å². The van der Waals surface area contributed by atoms with Crippen LogP contribution in [0.4, 0.5) is 0 Å². The van der Waals surface area contributed by atoms with Crippen molar-refractivity contribution in [1.82, 2.24) is 0 Å². The lowest BCUT2D eigenvalue weighted by atomic mass is 10.1. The molecule has 0 spiro atoms. The molecule has 136 valence electrons. The van der Waals surface area contributed by atoms with Crippen molar-refractivity contribution >= 4 is 5.97 Å². The van der Waals surface area contributed by atoms with Gasteiger partial charge in [0, 0.05) is 0 Å². The van der Waals surface area contributed by atoms with Crippen LogP contribution in [-0.4, -0.2) is 13.1 Å². The van der Waals surface area contributed by atoms with Gasteiger partial charge in [0.2, 0.25) is 0 Å². The van der Waals surface area contributed by atoms with Gasteiger partial charge >= 0.3 is 5.97 Å². The molecule has 0 radical (unpaired) electrons. The Morgan fingerprint density at radius 3 is 1.83 bits per heavy atom. The summed E-state index contributed by atoms with van der Waals surface area (Å²) < 4.78 is 4.71. The molecule has 0 N–H and O–H groups in total. The summed E-state index contributed by atoms with van der Waals surface area (Å²) in [5, 5.41) is 0. The summed E-state index contributed by atoms with van der Waals surface area (Å²) in [4.78, 5) is 11.2. The number of unbranched alkanes of at least 4 members (excludes halogenated alkanes) is 3. The van der Waals surface area contributed by atoms with Crippen molar-refractivity contribution in [3.63, 3.8) is 0 Å². The van der Waals surface area contributed by atoms with E-state index in [0.717, 1.165) is 32.1 Å². The fourth-order valence-electron chi connectivity index (χ4n) is 2.23. The average molecular weight is 333 g/mol. The summed E-state index contributed by atoms with van der Waals surface area (Å²) in [6, 6.07) is 0.